The number of carbonyl (C=O) groups excluding carboxylic acids is 2. The summed E-state index contributed by atoms with van der Waals surface area (Å²) in [7, 11) is 0. The maximum atomic E-state index is 13.2. The molecule has 1 aromatic heterocycles. The zero-order valence-electron chi connectivity index (χ0n) is 19.9. The molecule has 0 bridgehead atoms. The molecule has 5 rings (SSSR count). The number of nitrogens with zero attached hydrogens (tertiary/aromatic N) is 4. The molecule has 0 radical (unpaired) electrons. The number of benzene rings is 2. The van der Waals surface area contributed by atoms with Crippen LogP contribution < -0.4 is 5.32 Å². The third-order valence-corrected chi connectivity index (χ3v) is 6.79. The standard InChI is InChI=1S/C27H31N5O3/c33-26(28-23-14-6-5-13-22(23)27(34)32-16-7-2-8-17-32)21-12-9-15-31(18-21)19-24-29-25(30-35-24)20-10-3-1-4-11-20/h1,3-6,10-11,13-14,21H,2,7-9,12,15-19H2,(H,28,33). The van der Waals surface area contributed by atoms with E-state index in [1.54, 1.807) is 6.07 Å². The Morgan fingerprint density at radius 3 is 2.54 bits per heavy atom. The maximum absolute atomic E-state index is 13.2. The van der Waals surface area contributed by atoms with Crippen LogP contribution in [0.15, 0.2) is 59.1 Å². The van der Waals surface area contributed by atoms with Crippen LogP contribution in [0.25, 0.3) is 11.4 Å². The minimum Gasteiger partial charge on any atom is -0.339 e. The predicted molar refractivity (Wildman–Crippen MR) is 133 cm³/mol. The quantitative estimate of drug-likeness (QED) is 0.577. The van der Waals surface area contributed by atoms with Crippen LogP contribution in [0.3, 0.4) is 0 Å². The van der Waals surface area contributed by atoms with E-state index in [-0.39, 0.29) is 17.7 Å². The molecule has 1 atom stereocenters. The van der Waals surface area contributed by atoms with Gasteiger partial charge in [0.1, 0.15) is 0 Å². The van der Waals surface area contributed by atoms with Crippen LogP contribution in [0.2, 0.25) is 0 Å². The van der Waals surface area contributed by atoms with E-state index in [9.17, 15) is 9.59 Å². The normalized spacial score (nSPS) is 18.9. The van der Waals surface area contributed by atoms with Crippen LogP contribution in [0, 0.1) is 5.92 Å². The number of nitrogens with one attached hydrogen (secondary N) is 1. The molecular weight excluding hydrogens is 442 g/mol. The fourth-order valence-corrected chi connectivity index (χ4v) is 4.91. The van der Waals surface area contributed by atoms with Crippen molar-refractivity contribution in [2.24, 2.45) is 5.92 Å². The van der Waals surface area contributed by atoms with E-state index in [1.807, 2.05) is 53.4 Å². The number of anilines is 1. The van der Waals surface area contributed by atoms with Crippen LogP contribution in [0.4, 0.5) is 5.69 Å². The van der Waals surface area contributed by atoms with Gasteiger partial charge in [-0.25, -0.2) is 0 Å². The molecule has 3 heterocycles. The number of aromatic nitrogens is 2. The second-order valence-corrected chi connectivity index (χ2v) is 9.34. The Bertz CT molecular complexity index is 1160. The van der Waals surface area contributed by atoms with Gasteiger partial charge in [0.2, 0.25) is 17.6 Å². The van der Waals surface area contributed by atoms with Crippen molar-refractivity contribution >= 4 is 17.5 Å². The number of hydrogen-bond donors (Lipinski definition) is 1. The van der Waals surface area contributed by atoms with Gasteiger partial charge >= 0.3 is 0 Å². The summed E-state index contributed by atoms with van der Waals surface area (Å²) in [5, 5.41) is 7.14. The molecule has 35 heavy (non-hydrogen) atoms. The third-order valence-electron chi connectivity index (χ3n) is 6.79. The van der Waals surface area contributed by atoms with Gasteiger partial charge in [-0.1, -0.05) is 47.6 Å². The first kappa shape index (κ1) is 23.2. The molecule has 8 nitrogen and oxygen atoms in total. The summed E-state index contributed by atoms with van der Waals surface area (Å²) in [6.07, 6.45) is 4.95. The van der Waals surface area contributed by atoms with Gasteiger partial charge in [0.15, 0.2) is 0 Å². The molecule has 2 aliphatic heterocycles. The molecular formula is C27H31N5O3. The van der Waals surface area contributed by atoms with Crippen LogP contribution in [0.5, 0.6) is 0 Å². The van der Waals surface area contributed by atoms with E-state index in [4.69, 9.17) is 4.52 Å². The highest BCUT2D eigenvalue weighted by atomic mass is 16.5. The monoisotopic (exact) mass is 473 g/mol. The fraction of sp³-hybridized carbons (Fsp3) is 0.407. The van der Waals surface area contributed by atoms with Crippen molar-refractivity contribution in [3.05, 3.63) is 66.1 Å². The molecule has 3 aromatic rings. The maximum Gasteiger partial charge on any atom is 0.255 e. The lowest BCUT2D eigenvalue weighted by Crippen LogP contribution is -2.40. The van der Waals surface area contributed by atoms with Crippen molar-refractivity contribution in [1.82, 2.24) is 19.9 Å². The molecule has 0 aliphatic carbocycles. The Kier molecular flexibility index (Phi) is 7.18. The first-order valence-electron chi connectivity index (χ1n) is 12.5. The van der Waals surface area contributed by atoms with Crippen LogP contribution >= 0.6 is 0 Å². The molecule has 1 unspecified atom stereocenters. The van der Waals surface area contributed by atoms with Gasteiger partial charge in [0, 0.05) is 25.2 Å². The highest BCUT2D eigenvalue weighted by Crippen LogP contribution is 2.24. The van der Waals surface area contributed by atoms with Crippen molar-refractivity contribution in [3.8, 4) is 11.4 Å². The van der Waals surface area contributed by atoms with Crippen LogP contribution in [-0.4, -0.2) is 57.9 Å². The summed E-state index contributed by atoms with van der Waals surface area (Å²) in [6, 6.07) is 17.1. The molecule has 2 fully saturated rings. The zero-order valence-corrected chi connectivity index (χ0v) is 19.9. The summed E-state index contributed by atoms with van der Waals surface area (Å²) in [5.74, 6) is 0.892. The first-order chi connectivity index (χ1) is 17.2. The van der Waals surface area contributed by atoms with E-state index in [2.05, 4.69) is 20.4 Å². The molecule has 1 N–H and O–H groups in total. The van der Waals surface area contributed by atoms with Gasteiger partial charge in [-0.05, 0) is 50.8 Å². The second kappa shape index (κ2) is 10.8. The van der Waals surface area contributed by atoms with Gasteiger partial charge in [0.05, 0.1) is 23.7 Å². The van der Waals surface area contributed by atoms with Crippen molar-refractivity contribution in [1.29, 1.82) is 0 Å². The molecule has 2 aromatic carbocycles. The van der Waals surface area contributed by atoms with E-state index >= 15 is 0 Å². The molecule has 2 aliphatic rings. The lowest BCUT2D eigenvalue weighted by molar-refractivity contribution is -0.121. The summed E-state index contributed by atoms with van der Waals surface area (Å²) in [4.78, 5) is 34.9. The first-order valence-corrected chi connectivity index (χ1v) is 12.5. The van der Waals surface area contributed by atoms with Gasteiger partial charge in [-0.3, -0.25) is 14.5 Å². The van der Waals surface area contributed by atoms with Crippen molar-refractivity contribution in [2.45, 2.75) is 38.6 Å². The van der Waals surface area contributed by atoms with Crippen LogP contribution in [-0.2, 0) is 11.3 Å². The van der Waals surface area contributed by atoms with Gasteiger partial charge in [0.25, 0.3) is 5.91 Å². The lowest BCUT2D eigenvalue weighted by Gasteiger charge is -2.31. The highest BCUT2D eigenvalue weighted by molar-refractivity contribution is 6.04. The van der Waals surface area contributed by atoms with E-state index in [0.29, 0.717) is 36.1 Å². The number of likely N-dealkylation sites (tertiary alicyclic amines) is 2. The summed E-state index contributed by atoms with van der Waals surface area (Å²) >= 11 is 0. The molecule has 8 heteroatoms. The number of rotatable bonds is 6. The Morgan fingerprint density at radius 2 is 1.71 bits per heavy atom. The Hall–Kier alpha value is -3.52. The SMILES string of the molecule is O=C(Nc1ccccc1C(=O)N1CCCCC1)C1CCCN(Cc2nc(-c3ccccc3)no2)C1. The molecule has 2 saturated heterocycles. The largest absolute Gasteiger partial charge is 0.339 e. The van der Waals surface area contributed by atoms with Crippen molar-refractivity contribution < 1.29 is 14.1 Å². The van der Waals surface area contributed by atoms with Crippen molar-refractivity contribution in [2.75, 3.05) is 31.5 Å². The van der Waals surface area contributed by atoms with E-state index in [1.165, 1.54) is 0 Å². The van der Waals surface area contributed by atoms with Crippen LogP contribution in [0.1, 0.15) is 48.4 Å². The molecule has 0 spiro atoms. The predicted octanol–water partition coefficient (Wildman–Crippen LogP) is 4.21. The van der Waals surface area contributed by atoms with Gasteiger partial charge in [-0.2, -0.15) is 4.98 Å². The van der Waals surface area contributed by atoms with E-state index < -0.39 is 0 Å². The van der Waals surface area contributed by atoms with Crippen molar-refractivity contribution in [3.63, 3.8) is 0 Å². The van der Waals surface area contributed by atoms with Gasteiger partial charge in [-0.15, -0.1) is 0 Å². The Balaban J connectivity index is 1.21. The smallest absolute Gasteiger partial charge is 0.255 e. The minimum atomic E-state index is -0.168. The average molecular weight is 474 g/mol. The fourth-order valence-electron chi connectivity index (χ4n) is 4.91. The second-order valence-electron chi connectivity index (χ2n) is 9.34. The third kappa shape index (κ3) is 5.59. The summed E-state index contributed by atoms with van der Waals surface area (Å²) < 4.78 is 5.47. The highest BCUT2D eigenvalue weighted by Gasteiger charge is 2.28. The van der Waals surface area contributed by atoms with Gasteiger partial charge < -0.3 is 14.7 Å². The number of para-hydroxylation sites is 1. The molecule has 182 valence electrons. The lowest BCUT2D eigenvalue weighted by atomic mass is 9.96. The Labute approximate surface area is 205 Å². The average Bonchev–Trinajstić information content (AvgIpc) is 3.38. The number of piperidine rings is 2. The number of amides is 2. The molecule has 2 amide bonds. The summed E-state index contributed by atoms with van der Waals surface area (Å²) in [5.41, 5.74) is 2.07. The minimum absolute atomic E-state index is 0.00325. The van der Waals surface area contributed by atoms with E-state index in [0.717, 1.165) is 57.3 Å². The summed E-state index contributed by atoms with van der Waals surface area (Å²) in [6.45, 7) is 3.54. The topological polar surface area (TPSA) is 91.6 Å². The zero-order chi connectivity index (χ0) is 24.0. The number of carbonyl (C=O) groups is 2. The number of hydrogen-bond acceptors (Lipinski definition) is 6. The Morgan fingerprint density at radius 1 is 0.943 bits per heavy atom. The molecule has 0 saturated carbocycles.